The molecule has 3 N–H and O–H groups in total. The molecule has 0 spiro atoms. The first kappa shape index (κ1) is 21.0. The van der Waals surface area contributed by atoms with Crippen molar-refractivity contribution >= 4 is 34.8 Å². The molecule has 1 atom stereocenters. The number of nitrogens with zero attached hydrogens (tertiary/aromatic N) is 1. The van der Waals surface area contributed by atoms with Crippen LogP contribution < -0.4 is 15.5 Å². The molecule has 2 aromatic rings. The third-order valence-corrected chi connectivity index (χ3v) is 5.43. The van der Waals surface area contributed by atoms with E-state index in [4.69, 9.17) is 11.6 Å². The largest absolute Gasteiger partial charge is 0.507 e. The first-order valence-corrected chi connectivity index (χ1v) is 10.2. The zero-order chi connectivity index (χ0) is 21.0. The van der Waals surface area contributed by atoms with Gasteiger partial charge in [-0.2, -0.15) is 0 Å². The van der Waals surface area contributed by atoms with Crippen LogP contribution in [-0.2, 0) is 4.79 Å². The average molecular weight is 416 g/mol. The summed E-state index contributed by atoms with van der Waals surface area (Å²) >= 11 is 6.14. The number of carbonyl (C=O) groups excluding carboxylic acids is 2. The smallest absolute Gasteiger partial charge is 0.255 e. The minimum Gasteiger partial charge on any atom is -0.507 e. The number of amides is 2. The van der Waals surface area contributed by atoms with Crippen molar-refractivity contribution in [2.45, 2.75) is 26.7 Å². The van der Waals surface area contributed by atoms with Gasteiger partial charge in [0.25, 0.3) is 5.91 Å². The molecule has 2 aromatic carbocycles. The summed E-state index contributed by atoms with van der Waals surface area (Å²) in [7, 11) is 0. The van der Waals surface area contributed by atoms with Crippen LogP contribution in [-0.4, -0.2) is 36.6 Å². The van der Waals surface area contributed by atoms with Gasteiger partial charge in [0.15, 0.2) is 0 Å². The van der Waals surface area contributed by atoms with E-state index in [1.807, 2.05) is 18.2 Å². The van der Waals surface area contributed by atoms with Gasteiger partial charge < -0.3 is 20.6 Å². The fraction of sp³-hybridized carbons (Fsp3) is 0.364. The van der Waals surface area contributed by atoms with Gasteiger partial charge in [-0.25, -0.2) is 0 Å². The number of hydrogen-bond donors (Lipinski definition) is 3. The summed E-state index contributed by atoms with van der Waals surface area (Å²) in [6, 6.07) is 10.4. The van der Waals surface area contributed by atoms with Gasteiger partial charge in [-0.1, -0.05) is 24.6 Å². The van der Waals surface area contributed by atoms with Crippen molar-refractivity contribution < 1.29 is 14.7 Å². The summed E-state index contributed by atoms with van der Waals surface area (Å²) in [5, 5.41) is 16.4. The van der Waals surface area contributed by atoms with Crippen molar-refractivity contribution in [3.63, 3.8) is 0 Å². The van der Waals surface area contributed by atoms with E-state index in [0.29, 0.717) is 29.6 Å². The molecule has 6 nitrogen and oxygen atoms in total. The number of rotatable bonds is 6. The summed E-state index contributed by atoms with van der Waals surface area (Å²) in [5.74, 6) is -0.307. The first-order valence-electron chi connectivity index (χ1n) is 9.79. The molecule has 1 fully saturated rings. The second-order valence-corrected chi connectivity index (χ2v) is 7.81. The third-order valence-electron chi connectivity index (χ3n) is 5.20. The van der Waals surface area contributed by atoms with E-state index in [-0.39, 0.29) is 23.1 Å². The minimum atomic E-state index is -0.354. The zero-order valence-corrected chi connectivity index (χ0v) is 17.4. The second-order valence-electron chi connectivity index (χ2n) is 7.38. The van der Waals surface area contributed by atoms with Gasteiger partial charge in [0.05, 0.1) is 5.56 Å². The highest BCUT2D eigenvalue weighted by molar-refractivity contribution is 6.30. The van der Waals surface area contributed by atoms with Crippen LogP contribution in [0.1, 0.15) is 35.7 Å². The number of halogens is 1. The van der Waals surface area contributed by atoms with Gasteiger partial charge in [0.1, 0.15) is 5.75 Å². The van der Waals surface area contributed by atoms with Crippen LogP contribution in [0.15, 0.2) is 36.4 Å². The second kappa shape index (κ2) is 9.18. The quantitative estimate of drug-likeness (QED) is 0.624. The van der Waals surface area contributed by atoms with Crippen molar-refractivity contribution in [1.82, 2.24) is 5.32 Å². The van der Waals surface area contributed by atoms with Crippen LogP contribution in [0.5, 0.6) is 5.75 Å². The number of phenolic OH excluding ortho intramolecular Hbond substituents is 1. The molecule has 1 aliphatic rings. The lowest BCUT2D eigenvalue weighted by Gasteiger charge is -2.21. The lowest BCUT2D eigenvalue weighted by Crippen LogP contribution is -2.31. The number of carbonyl (C=O) groups is 2. The lowest BCUT2D eigenvalue weighted by molar-refractivity contribution is -0.115. The monoisotopic (exact) mass is 415 g/mol. The van der Waals surface area contributed by atoms with E-state index < -0.39 is 0 Å². The Bertz CT molecular complexity index is 916. The summed E-state index contributed by atoms with van der Waals surface area (Å²) in [5.41, 5.74) is 2.95. The molecule has 2 amide bonds. The number of anilines is 2. The zero-order valence-electron chi connectivity index (χ0n) is 16.7. The van der Waals surface area contributed by atoms with Gasteiger partial charge >= 0.3 is 0 Å². The maximum atomic E-state index is 12.6. The Morgan fingerprint density at radius 1 is 1.24 bits per heavy atom. The van der Waals surface area contributed by atoms with Crippen LogP contribution in [0, 0.1) is 12.8 Å². The SMILES string of the molecule is CCC(=O)Nc1ccc(O)c(C(=O)NCC2CCN(c3cc(Cl)ccc3C)C2)c1. The highest BCUT2D eigenvalue weighted by atomic mass is 35.5. The molecule has 0 radical (unpaired) electrons. The highest BCUT2D eigenvalue weighted by Gasteiger charge is 2.25. The molecular weight excluding hydrogens is 390 g/mol. The summed E-state index contributed by atoms with van der Waals surface area (Å²) in [4.78, 5) is 26.4. The molecule has 1 unspecified atom stereocenters. The Kier molecular flexibility index (Phi) is 6.64. The fourth-order valence-electron chi connectivity index (χ4n) is 3.52. The number of aryl methyl sites for hydroxylation is 1. The van der Waals surface area contributed by atoms with Gasteiger partial charge in [-0.3, -0.25) is 9.59 Å². The molecular formula is C22H26ClN3O3. The number of phenols is 1. The third kappa shape index (κ3) is 5.21. The molecule has 0 aromatic heterocycles. The molecule has 154 valence electrons. The molecule has 1 aliphatic heterocycles. The fourth-order valence-corrected chi connectivity index (χ4v) is 3.68. The Morgan fingerprint density at radius 2 is 2.03 bits per heavy atom. The highest BCUT2D eigenvalue weighted by Crippen LogP contribution is 2.29. The van der Waals surface area contributed by atoms with E-state index >= 15 is 0 Å². The van der Waals surface area contributed by atoms with Crippen LogP contribution >= 0.6 is 11.6 Å². The maximum absolute atomic E-state index is 12.6. The molecule has 0 aliphatic carbocycles. The summed E-state index contributed by atoms with van der Waals surface area (Å²) in [6.45, 7) is 6.07. The molecule has 1 saturated heterocycles. The predicted molar refractivity (Wildman–Crippen MR) is 116 cm³/mol. The van der Waals surface area contributed by atoms with E-state index in [2.05, 4.69) is 22.5 Å². The minimum absolute atomic E-state index is 0.111. The Hall–Kier alpha value is -2.73. The van der Waals surface area contributed by atoms with Crippen molar-refractivity contribution in [3.8, 4) is 5.75 Å². The van der Waals surface area contributed by atoms with Gasteiger partial charge in [0, 0.05) is 42.5 Å². The van der Waals surface area contributed by atoms with Gasteiger partial charge in [-0.05, 0) is 55.2 Å². The Balaban J connectivity index is 1.59. The predicted octanol–water partition coefficient (Wildman–Crippen LogP) is 3.96. The van der Waals surface area contributed by atoms with Gasteiger partial charge in [-0.15, -0.1) is 0 Å². The van der Waals surface area contributed by atoms with Crippen LogP contribution in [0.2, 0.25) is 5.02 Å². The molecule has 29 heavy (non-hydrogen) atoms. The molecule has 1 heterocycles. The first-order chi connectivity index (χ1) is 13.9. The van der Waals surface area contributed by atoms with Crippen molar-refractivity contribution in [2.75, 3.05) is 29.9 Å². The van der Waals surface area contributed by atoms with E-state index in [1.165, 1.54) is 17.7 Å². The normalized spacial score (nSPS) is 16.0. The van der Waals surface area contributed by atoms with Crippen LogP contribution in [0.4, 0.5) is 11.4 Å². The van der Waals surface area contributed by atoms with Crippen molar-refractivity contribution in [1.29, 1.82) is 0 Å². The molecule has 7 heteroatoms. The van der Waals surface area contributed by atoms with E-state index in [1.54, 1.807) is 13.0 Å². The van der Waals surface area contributed by atoms with E-state index in [0.717, 1.165) is 25.2 Å². The molecule has 0 saturated carbocycles. The maximum Gasteiger partial charge on any atom is 0.255 e. The lowest BCUT2D eigenvalue weighted by atomic mass is 10.1. The Morgan fingerprint density at radius 3 is 2.79 bits per heavy atom. The van der Waals surface area contributed by atoms with E-state index in [9.17, 15) is 14.7 Å². The van der Waals surface area contributed by atoms with Crippen LogP contribution in [0.3, 0.4) is 0 Å². The van der Waals surface area contributed by atoms with Crippen LogP contribution in [0.25, 0.3) is 0 Å². The molecule has 3 rings (SSSR count). The number of benzene rings is 2. The topological polar surface area (TPSA) is 81.7 Å². The number of nitrogens with one attached hydrogen (secondary N) is 2. The van der Waals surface area contributed by atoms with Crippen molar-refractivity contribution in [3.05, 3.63) is 52.5 Å². The Labute approximate surface area is 175 Å². The van der Waals surface area contributed by atoms with Crippen molar-refractivity contribution in [2.24, 2.45) is 5.92 Å². The molecule has 0 bridgehead atoms. The summed E-state index contributed by atoms with van der Waals surface area (Å²) < 4.78 is 0. The summed E-state index contributed by atoms with van der Waals surface area (Å²) in [6.07, 6.45) is 1.30. The standard InChI is InChI=1S/C22H26ClN3O3/c1-3-21(28)25-17-6-7-20(27)18(11-17)22(29)24-12-15-8-9-26(13-15)19-10-16(23)5-4-14(19)2/h4-7,10-11,15,27H,3,8-9,12-13H2,1-2H3,(H,24,29)(H,25,28). The number of aromatic hydroxyl groups is 1. The van der Waals surface area contributed by atoms with Gasteiger partial charge in [0.2, 0.25) is 5.91 Å². The average Bonchev–Trinajstić information content (AvgIpc) is 3.18. The number of hydrogen-bond acceptors (Lipinski definition) is 4.